The van der Waals surface area contributed by atoms with Crippen LogP contribution in [0.1, 0.15) is 303 Å². The van der Waals surface area contributed by atoms with Gasteiger partial charge in [0.25, 0.3) is 0 Å². The Morgan fingerprint density at radius 3 is 0.873 bits per heavy atom. The highest BCUT2D eigenvalue weighted by Gasteiger charge is 2.19. The van der Waals surface area contributed by atoms with Crippen LogP contribution in [0.5, 0.6) is 0 Å². The summed E-state index contributed by atoms with van der Waals surface area (Å²) < 4.78 is 16.9. The molecular weight excluding hydrogens is 877 g/mol. The van der Waals surface area contributed by atoms with Crippen LogP contribution in [-0.2, 0) is 28.6 Å². The zero-order valence-corrected chi connectivity index (χ0v) is 47.0. The summed E-state index contributed by atoms with van der Waals surface area (Å²) in [6.45, 7) is 6.52. The number of unbranched alkanes of at least 4 members (excludes halogenated alkanes) is 32. The lowest BCUT2D eigenvalue weighted by Gasteiger charge is -2.18. The van der Waals surface area contributed by atoms with E-state index in [9.17, 15) is 14.4 Å². The van der Waals surface area contributed by atoms with Crippen LogP contribution in [0.25, 0.3) is 0 Å². The van der Waals surface area contributed by atoms with Gasteiger partial charge in [-0.2, -0.15) is 0 Å². The van der Waals surface area contributed by atoms with Gasteiger partial charge in [-0.15, -0.1) is 0 Å². The van der Waals surface area contributed by atoms with Crippen LogP contribution in [0.2, 0.25) is 0 Å². The van der Waals surface area contributed by atoms with Crippen molar-refractivity contribution in [2.75, 3.05) is 13.2 Å². The molecule has 0 aliphatic carbocycles. The Kier molecular flexibility index (Phi) is 56.8. The Bertz CT molecular complexity index is 1320. The molecule has 0 aliphatic rings. The van der Waals surface area contributed by atoms with Gasteiger partial charge >= 0.3 is 17.9 Å². The summed E-state index contributed by atoms with van der Waals surface area (Å²) >= 11 is 0. The molecule has 0 saturated heterocycles. The molecule has 0 fully saturated rings. The second-order valence-corrected chi connectivity index (χ2v) is 20.2. The molecule has 1 atom stereocenters. The van der Waals surface area contributed by atoms with Crippen LogP contribution in [-0.4, -0.2) is 37.2 Å². The summed E-state index contributed by atoms with van der Waals surface area (Å²) in [6, 6.07) is 0. The average Bonchev–Trinajstić information content (AvgIpc) is 3.37. The van der Waals surface area contributed by atoms with E-state index >= 15 is 0 Å². The Morgan fingerprint density at radius 2 is 0.549 bits per heavy atom. The maximum atomic E-state index is 12.9. The van der Waals surface area contributed by atoms with Crippen molar-refractivity contribution in [3.63, 3.8) is 0 Å². The van der Waals surface area contributed by atoms with Crippen molar-refractivity contribution in [2.45, 2.75) is 309 Å². The summed E-state index contributed by atoms with van der Waals surface area (Å²) in [6.07, 6.45) is 76.1. The normalized spacial score (nSPS) is 12.5. The summed E-state index contributed by atoms with van der Waals surface area (Å²) in [5, 5.41) is 0. The van der Waals surface area contributed by atoms with Crippen LogP contribution in [0.4, 0.5) is 0 Å². The van der Waals surface area contributed by atoms with Crippen molar-refractivity contribution in [1.82, 2.24) is 0 Å². The second kappa shape index (κ2) is 59.4. The summed E-state index contributed by atoms with van der Waals surface area (Å²) in [5.74, 6) is -0.897. The third kappa shape index (κ3) is 57.6. The van der Waals surface area contributed by atoms with Gasteiger partial charge in [0.05, 0.1) is 0 Å². The first-order chi connectivity index (χ1) is 35.0. The highest BCUT2D eigenvalue weighted by molar-refractivity contribution is 5.71. The zero-order chi connectivity index (χ0) is 51.4. The van der Waals surface area contributed by atoms with Crippen LogP contribution in [0.15, 0.2) is 72.9 Å². The van der Waals surface area contributed by atoms with Gasteiger partial charge in [-0.25, -0.2) is 0 Å². The molecular formula is C65H114O6. The lowest BCUT2D eigenvalue weighted by molar-refractivity contribution is -0.167. The SMILES string of the molecule is CC/C=C\C/C=C\C/C=C\C/C=C\CCCCCCCCC(=O)OCC(COC(=O)CCCCCCC/C=C\C/C=C\CCCCCC)OC(=O)CCCCCCCCCCCCCCCCCCCC. The summed E-state index contributed by atoms with van der Waals surface area (Å²) in [5.41, 5.74) is 0. The molecule has 0 amide bonds. The summed E-state index contributed by atoms with van der Waals surface area (Å²) in [4.78, 5) is 38.3. The van der Waals surface area contributed by atoms with Gasteiger partial charge in [0.1, 0.15) is 13.2 Å². The molecule has 6 heteroatoms. The quantitative estimate of drug-likeness (QED) is 0.0261. The van der Waals surface area contributed by atoms with E-state index in [1.54, 1.807) is 0 Å². The molecule has 410 valence electrons. The number of hydrogen-bond acceptors (Lipinski definition) is 6. The van der Waals surface area contributed by atoms with Crippen LogP contribution < -0.4 is 0 Å². The van der Waals surface area contributed by atoms with E-state index in [0.29, 0.717) is 19.3 Å². The number of carbonyl (C=O) groups is 3. The van der Waals surface area contributed by atoms with Crippen LogP contribution in [0.3, 0.4) is 0 Å². The molecule has 0 aromatic heterocycles. The number of ether oxygens (including phenoxy) is 3. The molecule has 1 unspecified atom stereocenters. The Balaban J connectivity index is 4.40. The molecule has 0 spiro atoms. The molecule has 0 aromatic rings. The van der Waals surface area contributed by atoms with Crippen LogP contribution >= 0.6 is 0 Å². The number of allylic oxidation sites excluding steroid dienone is 12. The smallest absolute Gasteiger partial charge is 0.306 e. The van der Waals surface area contributed by atoms with E-state index in [0.717, 1.165) is 109 Å². The standard InChI is InChI=1S/C65H114O6/c1-4-7-10-13-16-19-22-25-28-31-33-35-37-40-43-46-49-52-55-58-64(67)70-61-62(60-69-63(66)57-54-51-48-45-42-39-36-30-27-24-21-18-15-12-9-6-3)71-65(68)59-56-53-50-47-44-41-38-34-32-29-26-23-20-17-14-11-8-5-2/h7,10,16,19,21,24-25,28,30,33,35-36,62H,4-6,8-9,11-15,17-18,20,22-23,26-27,29,31-32,34,37-61H2,1-3H3/b10-7-,19-16-,24-21-,28-25-,35-33-,36-30-. The zero-order valence-electron chi connectivity index (χ0n) is 47.0. The lowest BCUT2D eigenvalue weighted by atomic mass is 10.0. The highest BCUT2D eigenvalue weighted by Crippen LogP contribution is 2.16. The van der Waals surface area contributed by atoms with E-state index in [4.69, 9.17) is 14.2 Å². The topological polar surface area (TPSA) is 78.9 Å². The minimum Gasteiger partial charge on any atom is -0.462 e. The van der Waals surface area contributed by atoms with Gasteiger partial charge in [-0.05, 0) is 89.9 Å². The fourth-order valence-electron chi connectivity index (χ4n) is 8.64. The number of rotatable bonds is 55. The van der Waals surface area contributed by atoms with Crippen molar-refractivity contribution in [3.05, 3.63) is 72.9 Å². The largest absolute Gasteiger partial charge is 0.462 e. The van der Waals surface area contributed by atoms with E-state index in [1.165, 1.54) is 154 Å². The summed E-state index contributed by atoms with van der Waals surface area (Å²) in [7, 11) is 0. The van der Waals surface area contributed by atoms with Gasteiger partial charge in [0, 0.05) is 19.3 Å². The molecule has 0 aromatic carbocycles. The van der Waals surface area contributed by atoms with Gasteiger partial charge in [-0.1, -0.05) is 267 Å². The van der Waals surface area contributed by atoms with Crippen molar-refractivity contribution >= 4 is 17.9 Å². The van der Waals surface area contributed by atoms with Crippen LogP contribution in [0, 0.1) is 0 Å². The highest BCUT2D eigenvalue weighted by atomic mass is 16.6. The maximum absolute atomic E-state index is 12.9. The first-order valence-corrected chi connectivity index (χ1v) is 30.4. The molecule has 0 aliphatic heterocycles. The van der Waals surface area contributed by atoms with Crippen molar-refractivity contribution in [1.29, 1.82) is 0 Å². The third-order valence-corrected chi connectivity index (χ3v) is 13.2. The van der Waals surface area contributed by atoms with Crippen molar-refractivity contribution < 1.29 is 28.6 Å². The molecule has 0 N–H and O–H groups in total. The van der Waals surface area contributed by atoms with Gasteiger partial charge in [-0.3, -0.25) is 14.4 Å². The van der Waals surface area contributed by atoms with Gasteiger partial charge in [0.2, 0.25) is 0 Å². The molecule has 0 saturated carbocycles. The fourth-order valence-corrected chi connectivity index (χ4v) is 8.64. The maximum Gasteiger partial charge on any atom is 0.306 e. The van der Waals surface area contributed by atoms with Gasteiger partial charge < -0.3 is 14.2 Å². The molecule has 0 heterocycles. The third-order valence-electron chi connectivity index (χ3n) is 13.2. The average molecular weight is 992 g/mol. The predicted molar refractivity (Wildman–Crippen MR) is 307 cm³/mol. The number of carbonyl (C=O) groups excluding carboxylic acids is 3. The van der Waals surface area contributed by atoms with E-state index < -0.39 is 6.10 Å². The van der Waals surface area contributed by atoms with Crippen molar-refractivity contribution in [2.24, 2.45) is 0 Å². The molecule has 6 nitrogen and oxygen atoms in total. The first kappa shape index (κ1) is 67.8. The first-order valence-electron chi connectivity index (χ1n) is 30.4. The van der Waals surface area contributed by atoms with Gasteiger partial charge in [0.15, 0.2) is 6.10 Å². The monoisotopic (exact) mass is 991 g/mol. The van der Waals surface area contributed by atoms with E-state index in [1.807, 2.05) is 0 Å². The molecule has 0 radical (unpaired) electrons. The Morgan fingerprint density at radius 1 is 0.296 bits per heavy atom. The molecule has 0 bridgehead atoms. The number of hydrogen-bond donors (Lipinski definition) is 0. The lowest BCUT2D eigenvalue weighted by Crippen LogP contribution is -2.30. The van der Waals surface area contributed by atoms with E-state index in [-0.39, 0.29) is 31.1 Å². The molecule has 71 heavy (non-hydrogen) atoms. The van der Waals surface area contributed by atoms with E-state index in [2.05, 4.69) is 93.7 Å². The number of esters is 3. The Hall–Kier alpha value is -3.15. The Labute approximate surface area is 440 Å². The molecule has 0 rings (SSSR count). The predicted octanol–water partition coefficient (Wildman–Crippen LogP) is 20.5. The minimum absolute atomic E-state index is 0.0850. The van der Waals surface area contributed by atoms with Crippen molar-refractivity contribution in [3.8, 4) is 0 Å². The fraction of sp³-hybridized carbons (Fsp3) is 0.769. The second-order valence-electron chi connectivity index (χ2n) is 20.2. The minimum atomic E-state index is -0.787.